The van der Waals surface area contributed by atoms with Gasteiger partial charge in [-0.1, -0.05) is 13.8 Å². The van der Waals surface area contributed by atoms with Gasteiger partial charge >= 0.3 is 5.97 Å². The maximum absolute atomic E-state index is 12.5. The number of aromatic nitrogens is 3. The van der Waals surface area contributed by atoms with E-state index in [1.165, 1.54) is 0 Å². The minimum absolute atomic E-state index is 0.163. The number of nitrogens with zero attached hydrogens (tertiary/aromatic N) is 3. The van der Waals surface area contributed by atoms with Crippen LogP contribution in [0.5, 0.6) is 0 Å². The number of fused-ring (bicyclic) bond motifs is 1. The summed E-state index contributed by atoms with van der Waals surface area (Å²) in [5.74, 6) is -1.29. The van der Waals surface area contributed by atoms with E-state index in [0.29, 0.717) is 17.7 Å². The van der Waals surface area contributed by atoms with E-state index in [0.717, 1.165) is 11.0 Å². The van der Waals surface area contributed by atoms with Crippen molar-refractivity contribution in [3.8, 4) is 0 Å². The Hall–Kier alpha value is -2.44. The Morgan fingerprint density at radius 3 is 2.50 bits per heavy atom. The molecule has 0 saturated carbocycles. The van der Waals surface area contributed by atoms with E-state index in [4.69, 9.17) is 0 Å². The van der Waals surface area contributed by atoms with E-state index in [1.807, 2.05) is 27.7 Å². The Labute approximate surface area is 141 Å². The van der Waals surface area contributed by atoms with Crippen LogP contribution in [-0.2, 0) is 4.79 Å². The van der Waals surface area contributed by atoms with E-state index in [2.05, 4.69) is 15.4 Å². The molecule has 0 aromatic carbocycles. The van der Waals surface area contributed by atoms with Gasteiger partial charge in [0.05, 0.1) is 17.5 Å². The van der Waals surface area contributed by atoms with Crippen molar-refractivity contribution in [3.63, 3.8) is 0 Å². The van der Waals surface area contributed by atoms with Gasteiger partial charge in [-0.2, -0.15) is 5.10 Å². The monoisotopic (exact) mass is 332 g/mol. The number of carbonyl (C=O) groups is 2. The zero-order chi connectivity index (χ0) is 18.0. The molecule has 1 amide bonds. The molecule has 0 bridgehead atoms. The molecule has 2 aromatic heterocycles. The number of carbonyl (C=O) groups excluding carboxylic acids is 1. The van der Waals surface area contributed by atoms with Gasteiger partial charge in [0, 0.05) is 11.4 Å². The standard InChI is InChI=1S/C17H24N4O3/c1-9(2)6-14(17(23)24)20-16(22)13-7-12-8-18-21(10(3)4)15(12)19-11(13)5/h7-10,14H,6H2,1-5H3,(H,20,22)(H,23,24)/t14-/m0/s1. The molecule has 0 aliphatic heterocycles. The van der Waals surface area contributed by atoms with Crippen LogP contribution < -0.4 is 5.32 Å². The summed E-state index contributed by atoms with van der Waals surface area (Å²) >= 11 is 0. The molecular weight excluding hydrogens is 308 g/mol. The predicted octanol–water partition coefficient (Wildman–Crippen LogP) is 2.55. The molecule has 2 heterocycles. The maximum atomic E-state index is 12.5. The molecule has 0 aliphatic carbocycles. The van der Waals surface area contributed by atoms with Crippen molar-refractivity contribution in [2.45, 2.75) is 53.1 Å². The lowest BCUT2D eigenvalue weighted by Crippen LogP contribution is -2.41. The van der Waals surface area contributed by atoms with Gasteiger partial charge in [-0.3, -0.25) is 4.79 Å². The van der Waals surface area contributed by atoms with E-state index in [9.17, 15) is 14.7 Å². The molecular formula is C17H24N4O3. The third-order valence-corrected chi connectivity index (χ3v) is 3.80. The molecule has 0 spiro atoms. The summed E-state index contributed by atoms with van der Waals surface area (Å²) in [6.45, 7) is 9.59. The molecule has 7 heteroatoms. The van der Waals surface area contributed by atoms with E-state index < -0.39 is 17.9 Å². The number of carboxylic acid groups (broad SMARTS) is 1. The summed E-state index contributed by atoms with van der Waals surface area (Å²) in [5, 5.41) is 16.9. The van der Waals surface area contributed by atoms with Crippen molar-refractivity contribution >= 4 is 22.9 Å². The van der Waals surface area contributed by atoms with Gasteiger partial charge in [0.1, 0.15) is 6.04 Å². The van der Waals surface area contributed by atoms with Crippen molar-refractivity contribution in [3.05, 3.63) is 23.5 Å². The third-order valence-electron chi connectivity index (χ3n) is 3.80. The number of hydrogen-bond donors (Lipinski definition) is 2. The van der Waals surface area contributed by atoms with Gasteiger partial charge in [-0.25, -0.2) is 14.5 Å². The van der Waals surface area contributed by atoms with Gasteiger partial charge in [-0.05, 0) is 39.2 Å². The van der Waals surface area contributed by atoms with Gasteiger partial charge in [0.15, 0.2) is 5.65 Å². The fourth-order valence-corrected chi connectivity index (χ4v) is 2.60. The Morgan fingerprint density at radius 2 is 1.96 bits per heavy atom. The first-order valence-electron chi connectivity index (χ1n) is 8.09. The number of carboxylic acids is 1. The second-order valence-corrected chi connectivity index (χ2v) is 6.71. The van der Waals surface area contributed by atoms with Gasteiger partial charge < -0.3 is 10.4 Å². The molecule has 2 N–H and O–H groups in total. The first kappa shape index (κ1) is 17.9. The van der Waals surface area contributed by atoms with Crippen LogP contribution in [-0.4, -0.2) is 37.8 Å². The minimum Gasteiger partial charge on any atom is -0.480 e. The van der Waals surface area contributed by atoms with Crippen molar-refractivity contribution < 1.29 is 14.7 Å². The second kappa shape index (κ2) is 6.98. The van der Waals surface area contributed by atoms with Crippen LogP contribution in [0.4, 0.5) is 0 Å². The summed E-state index contributed by atoms with van der Waals surface area (Å²) in [6, 6.07) is 0.968. The molecule has 0 radical (unpaired) electrons. The van der Waals surface area contributed by atoms with Gasteiger partial charge in [0.2, 0.25) is 0 Å². The van der Waals surface area contributed by atoms with Crippen LogP contribution in [0, 0.1) is 12.8 Å². The quantitative estimate of drug-likeness (QED) is 0.847. The van der Waals surface area contributed by atoms with Crippen LogP contribution in [0.1, 0.15) is 56.2 Å². The van der Waals surface area contributed by atoms with Gasteiger partial charge in [-0.15, -0.1) is 0 Å². The lowest BCUT2D eigenvalue weighted by Gasteiger charge is -2.17. The van der Waals surface area contributed by atoms with Crippen LogP contribution in [0.15, 0.2) is 12.3 Å². The molecule has 7 nitrogen and oxygen atoms in total. The van der Waals surface area contributed by atoms with Crippen LogP contribution >= 0.6 is 0 Å². The number of pyridine rings is 1. The summed E-state index contributed by atoms with van der Waals surface area (Å²) in [6.07, 6.45) is 2.04. The Morgan fingerprint density at radius 1 is 1.29 bits per heavy atom. The van der Waals surface area contributed by atoms with E-state index in [1.54, 1.807) is 23.9 Å². The molecule has 0 saturated heterocycles. The average Bonchev–Trinajstić information content (AvgIpc) is 2.87. The molecule has 0 fully saturated rings. The van der Waals surface area contributed by atoms with Crippen molar-refractivity contribution in [1.29, 1.82) is 0 Å². The SMILES string of the molecule is Cc1nc2c(cnn2C(C)C)cc1C(=O)N[C@@H](CC(C)C)C(=O)O. The van der Waals surface area contributed by atoms with Gasteiger partial charge in [0.25, 0.3) is 5.91 Å². The Bertz CT molecular complexity index is 765. The van der Waals surface area contributed by atoms with E-state index in [-0.39, 0.29) is 12.0 Å². The highest BCUT2D eigenvalue weighted by molar-refractivity contribution is 5.99. The zero-order valence-corrected chi connectivity index (χ0v) is 14.7. The van der Waals surface area contributed by atoms with Crippen LogP contribution in [0.2, 0.25) is 0 Å². The number of aliphatic carboxylic acids is 1. The molecule has 2 aromatic rings. The van der Waals surface area contributed by atoms with Crippen molar-refractivity contribution in [2.75, 3.05) is 0 Å². The predicted molar refractivity (Wildman–Crippen MR) is 91.0 cm³/mol. The third kappa shape index (κ3) is 3.72. The topological polar surface area (TPSA) is 97.1 Å². The molecule has 0 unspecified atom stereocenters. The number of nitrogens with one attached hydrogen (secondary N) is 1. The Balaban J connectivity index is 2.32. The first-order chi connectivity index (χ1) is 11.2. The highest BCUT2D eigenvalue weighted by atomic mass is 16.4. The fourth-order valence-electron chi connectivity index (χ4n) is 2.60. The maximum Gasteiger partial charge on any atom is 0.326 e. The molecule has 130 valence electrons. The smallest absolute Gasteiger partial charge is 0.326 e. The molecule has 24 heavy (non-hydrogen) atoms. The molecule has 1 atom stereocenters. The van der Waals surface area contributed by atoms with Crippen molar-refractivity contribution in [1.82, 2.24) is 20.1 Å². The van der Waals surface area contributed by atoms with Crippen molar-refractivity contribution in [2.24, 2.45) is 5.92 Å². The molecule has 2 rings (SSSR count). The lowest BCUT2D eigenvalue weighted by molar-refractivity contribution is -0.139. The summed E-state index contributed by atoms with van der Waals surface area (Å²) in [5.41, 5.74) is 1.65. The highest BCUT2D eigenvalue weighted by Gasteiger charge is 2.23. The van der Waals surface area contributed by atoms with E-state index >= 15 is 0 Å². The van der Waals surface area contributed by atoms with Crippen LogP contribution in [0.25, 0.3) is 11.0 Å². The summed E-state index contributed by atoms with van der Waals surface area (Å²) in [4.78, 5) is 28.3. The normalized spacial score (nSPS) is 12.8. The summed E-state index contributed by atoms with van der Waals surface area (Å²) < 4.78 is 1.79. The lowest BCUT2D eigenvalue weighted by atomic mass is 10.0. The largest absolute Gasteiger partial charge is 0.480 e. The number of aryl methyl sites for hydroxylation is 1. The highest BCUT2D eigenvalue weighted by Crippen LogP contribution is 2.19. The minimum atomic E-state index is -1.03. The zero-order valence-electron chi connectivity index (χ0n) is 14.7. The number of hydrogen-bond acceptors (Lipinski definition) is 4. The second-order valence-electron chi connectivity index (χ2n) is 6.71. The molecule has 0 aliphatic rings. The summed E-state index contributed by atoms with van der Waals surface area (Å²) in [7, 11) is 0. The Kier molecular flexibility index (Phi) is 5.21. The first-order valence-corrected chi connectivity index (χ1v) is 8.09. The fraction of sp³-hybridized carbons (Fsp3) is 0.529. The van der Waals surface area contributed by atoms with Crippen LogP contribution in [0.3, 0.4) is 0 Å². The average molecular weight is 332 g/mol. The number of amides is 1. The number of rotatable bonds is 6.